The van der Waals surface area contributed by atoms with E-state index in [9.17, 15) is 0 Å². The van der Waals surface area contributed by atoms with Crippen LogP contribution in [-0.2, 0) is 12.0 Å². The first-order chi connectivity index (χ1) is 12.0. The summed E-state index contributed by atoms with van der Waals surface area (Å²) in [5, 5.41) is 0. The molecule has 2 aromatic heterocycles. The van der Waals surface area contributed by atoms with Gasteiger partial charge in [-0.2, -0.15) is 0 Å². The van der Waals surface area contributed by atoms with E-state index in [1.54, 1.807) is 12.7 Å². The summed E-state index contributed by atoms with van der Waals surface area (Å²) in [5.41, 5.74) is 2.37. The largest absolute Gasteiger partial charge is 0.356 e. The molecular weight excluding hydrogens is 312 g/mol. The zero-order chi connectivity index (χ0) is 17.4. The van der Waals surface area contributed by atoms with E-state index in [0.29, 0.717) is 0 Å². The van der Waals surface area contributed by atoms with Crippen LogP contribution in [0.15, 0.2) is 31.1 Å². The number of anilines is 1. The first-order valence-corrected chi connectivity index (χ1v) is 9.03. The molecule has 0 bridgehead atoms. The highest BCUT2D eigenvalue weighted by Gasteiger charge is 2.40. The topological polar surface area (TPSA) is 58.0 Å². The van der Waals surface area contributed by atoms with Gasteiger partial charge in [0.2, 0.25) is 0 Å². The Morgan fingerprint density at radius 3 is 2.28 bits per heavy atom. The molecule has 2 fully saturated rings. The van der Waals surface area contributed by atoms with Crippen molar-refractivity contribution < 1.29 is 0 Å². The van der Waals surface area contributed by atoms with E-state index in [-0.39, 0.29) is 5.41 Å². The van der Waals surface area contributed by atoms with Crippen LogP contribution in [0.2, 0.25) is 0 Å². The van der Waals surface area contributed by atoms with Crippen molar-refractivity contribution in [3.8, 4) is 0 Å². The molecular formula is C19H26N6. The standard InChI is InChI=1S/C19H26N6/c1-19(2,3)17-4-18(23-13-22-17)25-10-15-8-24(9-16(15)11-25)7-14-5-20-12-21-6-14/h4-6,12-13,15-16H,7-11H2,1-3H3. The average Bonchev–Trinajstić information content (AvgIpc) is 3.13. The van der Waals surface area contributed by atoms with Gasteiger partial charge in [-0.05, 0) is 11.8 Å². The second-order valence-corrected chi connectivity index (χ2v) is 8.38. The Bertz CT molecular complexity index is 712. The lowest BCUT2D eigenvalue weighted by atomic mass is 9.92. The molecule has 0 spiro atoms. The summed E-state index contributed by atoms with van der Waals surface area (Å²) in [6, 6.07) is 2.17. The van der Waals surface area contributed by atoms with Gasteiger partial charge in [0.05, 0.1) is 5.69 Å². The molecule has 2 aliphatic rings. The van der Waals surface area contributed by atoms with Gasteiger partial charge in [-0.1, -0.05) is 20.8 Å². The van der Waals surface area contributed by atoms with Gasteiger partial charge in [0.1, 0.15) is 18.5 Å². The van der Waals surface area contributed by atoms with Crippen LogP contribution in [0.5, 0.6) is 0 Å². The van der Waals surface area contributed by atoms with Crippen LogP contribution in [0, 0.1) is 11.8 Å². The van der Waals surface area contributed by atoms with Crippen LogP contribution in [0.1, 0.15) is 32.0 Å². The van der Waals surface area contributed by atoms with E-state index in [1.807, 2.05) is 12.4 Å². The molecule has 0 aromatic carbocycles. The minimum absolute atomic E-state index is 0.0574. The second-order valence-electron chi connectivity index (χ2n) is 8.38. The molecule has 0 N–H and O–H groups in total. The summed E-state index contributed by atoms with van der Waals surface area (Å²) in [6.45, 7) is 12.0. The van der Waals surface area contributed by atoms with E-state index < -0.39 is 0 Å². The average molecular weight is 338 g/mol. The molecule has 132 valence electrons. The Balaban J connectivity index is 1.40. The van der Waals surface area contributed by atoms with Crippen molar-refractivity contribution in [2.75, 3.05) is 31.1 Å². The summed E-state index contributed by atoms with van der Waals surface area (Å²) >= 11 is 0. The number of rotatable bonds is 3. The molecule has 0 aliphatic carbocycles. The minimum Gasteiger partial charge on any atom is -0.356 e. The predicted molar refractivity (Wildman–Crippen MR) is 97.2 cm³/mol. The fraction of sp³-hybridized carbons (Fsp3) is 0.579. The SMILES string of the molecule is CC(C)(C)c1cc(N2CC3CN(Cc4cncnc4)CC3C2)ncn1. The van der Waals surface area contributed by atoms with Gasteiger partial charge in [-0.25, -0.2) is 19.9 Å². The molecule has 0 saturated carbocycles. The highest BCUT2D eigenvalue weighted by Crippen LogP contribution is 2.34. The zero-order valence-corrected chi connectivity index (χ0v) is 15.3. The monoisotopic (exact) mass is 338 g/mol. The molecule has 6 heteroatoms. The second kappa shape index (κ2) is 6.33. The molecule has 2 saturated heterocycles. The van der Waals surface area contributed by atoms with Crippen molar-refractivity contribution in [3.63, 3.8) is 0 Å². The summed E-state index contributed by atoms with van der Waals surface area (Å²) in [7, 11) is 0. The Kier molecular flexibility index (Phi) is 4.15. The Morgan fingerprint density at radius 2 is 1.64 bits per heavy atom. The third-order valence-corrected chi connectivity index (χ3v) is 5.33. The molecule has 4 heterocycles. The number of hydrogen-bond donors (Lipinski definition) is 0. The van der Waals surface area contributed by atoms with Gasteiger partial charge >= 0.3 is 0 Å². The smallest absolute Gasteiger partial charge is 0.132 e. The number of nitrogens with zero attached hydrogens (tertiary/aromatic N) is 6. The van der Waals surface area contributed by atoms with Crippen LogP contribution < -0.4 is 4.90 Å². The fourth-order valence-corrected chi connectivity index (χ4v) is 4.01. The Labute approximate surface area is 149 Å². The summed E-state index contributed by atoms with van der Waals surface area (Å²) in [4.78, 5) is 22.2. The Hall–Kier alpha value is -2.08. The minimum atomic E-state index is 0.0574. The molecule has 2 aliphatic heterocycles. The van der Waals surface area contributed by atoms with Gasteiger partial charge in [0, 0.05) is 62.2 Å². The van der Waals surface area contributed by atoms with Gasteiger partial charge in [-0.3, -0.25) is 4.90 Å². The highest BCUT2D eigenvalue weighted by molar-refractivity contribution is 5.42. The molecule has 2 atom stereocenters. The van der Waals surface area contributed by atoms with Gasteiger partial charge in [-0.15, -0.1) is 0 Å². The van der Waals surface area contributed by atoms with Crippen molar-refractivity contribution in [2.45, 2.75) is 32.7 Å². The maximum Gasteiger partial charge on any atom is 0.132 e. The molecule has 4 rings (SSSR count). The highest BCUT2D eigenvalue weighted by atomic mass is 15.3. The number of fused-ring (bicyclic) bond motifs is 1. The summed E-state index contributed by atoms with van der Waals surface area (Å²) in [6.07, 6.45) is 7.14. The zero-order valence-electron chi connectivity index (χ0n) is 15.3. The third kappa shape index (κ3) is 3.49. The molecule has 0 amide bonds. The van der Waals surface area contributed by atoms with Crippen molar-refractivity contribution in [2.24, 2.45) is 11.8 Å². The van der Waals surface area contributed by atoms with Crippen molar-refractivity contribution >= 4 is 5.82 Å². The predicted octanol–water partition coefficient (Wildman–Crippen LogP) is 2.13. The Morgan fingerprint density at radius 1 is 0.960 bits per heavy atom. The van der Waals surface area contributed by atoms with E-state index >= 15 is 0 Å². The lowest BCUT2D eigenvalue weighted by Crippen LogP contribution is -2.29. The maximum absolute atomic E-state index is 4.53. The van der Waals surface area contributed by atoms with E-state index in [1.165, 1.54) is 5.56 Å². The van der Waals surface area contributed by atoms with Crippen LogP contribution >= 0.6 is 0 Å². The van der Waals surface area contributed by atoms with E-state index in [0.717, 1.165) is 56.1 Å². The van der Waals surface area contributed by atoms with Crippen LogP contribution in [0.4, 0.5) is 5.82 Å². The molecule has 2 aromatic rings. The van der Waals surface area contributed by atoms with E-state index in [4.69, 9.17) is 0 Å². The van der Waals surface area contributed by atoms with Crippen molar-refractivity contribution in [1.29, 1.82) is 0 Å². The van der Waals surface area contributed by atoms with Gasteiger partial charge in [0.25, 0.3) is 0 Å². The summed E-state index contributed by atoms with van der Waals surface area (Å²) < 4.78 is 0. The number of hydrogen-bond acceptors (Lipinski definition) is 6. The normalized spacial score (nSPS) is 23.9. The first kappa shape index (κ1) is 16.4. The van der Waals surface area contributed by atoms with Crippen molar-refractivity contribution in [1.82, 2.24) is 24.8 Å². The van der Waals surface area contributed by atoms with E-state index in [2.05, 4.69) is 56.6 Å². The number of aromatic nitrogens is 4. The first-order valence-electron chi connectivity index (χ1n) is 9.03. The third-order valence-electron chi connectivity index (χ3n) is 5.33. The quantitative estimate of drug-likeness (QED) is 0.854. The van der Waals surface area contributed by atoms with Gasteiger partial charge in [0.15, 0.2) is 0 Å². The van der Waals surface area contributed by atoms with Gasteiger partial charge < -0.3 is 4.90 Å². The fourth-order valence-electron chi connectivity index (χ4n) is 4.01. The molecule has 0 radical (unpaired) electrons. The lowest BCUT2D eigenvalue weighted by Gasteiger charge is -2.24. The van der Waals surface area contributed by atoms with Crippen LogP contribution in [0.3, 0.4) is 0 Å². The summed E-state index contributed by atoms with van der Waals surface area (Å²) in [5.74, 6) is 2.52. The number of likely N-dealkylation sites (tertiary alicyclic amines) is 1. The lowest BCUT2D eigenvalue weighted by molar-refractivity contribution is 0.308. The molecule has 6 nitrogen and oxygen atoms in total. The van der Waals surface area contributed by atoms with Crippen LogP contribution in [-0.4, -0.2) is 51.0 Å². The molecule has 25 heavy (non-hydrogen) atoms. The maximum atomic E-state index is 4.53. The van der Waals surface area contributed by atoms with Crippen molar-refractivity contribution in [3.05, 3.63) is 42.4 Å². The molecule has 2 unspecified atom stereocenters. The van der Waals surface area contributed by atoms with Crippen LogP contribution in [0.25, 0.3) is 0 Å².